The Morgan fingerprint density at radius 2 is 1.90 bits per heavy atom. The Morgan fingerprint density at radius 1 is 1.23 bits per heavy atom. The molecule has 1 aromatic heterocycles. The van der Waals surface area contributed by atoms with E-state index < -0.39 is 11.7 Å². The molecule has 2 rings (SSSR count). The van der Waals surface area contributed by atoms with Crippen LogP contribution in [0.4, 0.5) is 13.2 Å². The zero-order chi connectivity index (χ0) is 23.4. The van der Waals surface area contributed by atoms with Gasteiger partial charge in [-0.25, -0.2) is 4.99 Å². The zero-order valence-electron chi connectivity index (χ0n) is 18.5. The van der Waals surface area contributed by atoms with Gasteiger partial charge in [0.25, 0.3) is 0 Å². The van der Waals surface area contributed by atoms with Gasteiger partial charge < -0.3 is 9.26 Å². The molecular formula is C22H27F3N4O2. The third kappa shape index (κ3) is 6.23. The lowest BCUT2D eigenvalue weighted by Crippen LogP contribution is -2.21. The molecule has 6 nitrogen and oxygen atoms in total. The predicted octanol–water partition coefficient (Wildman–Crippen LogP) is 5.28. The Hall–Kier alpha value is -3.02. The van der Waals surface area contributed by atoms with E-state index in [-0.39, 0.29) is 35.1 Å². The van der Waals surface area contributed by atoms with E-state index in [1.54, 1.807) is 23.9 Å². The molecule has 0 unspecified atom stereocenters. The van der Waals surface area contributed by atoms with Crippen LogP contribution in [0.15, 0.2) is 38.8 Å². The lowest BCUT2D eigenvalue weighted by molar-refractivity contribution is -0.137. The molecule has 1 aromatic carbocycles. The van der Waals surface area contributed by atoms with E-state index in [4.69, 9.17) is 9.26 Å². The second-order valence-corrected chi connectivity index (χ2v) is 8.45. The van der Waals surface area contributed by atoms with E-state index in [2.05, 4.69) is 9.98 Å². The highest BCUT2D eigenvalue weighted by Crippen LogP contribution is 2.33. The maximum absolute atomic E-state index is 13.3. The maximum atomic E-state index is 13.3. The van der Waals surface area contributed by atoms with Gasteiger partial charge in [0, 0.05) is 11.5 Å². The van der Waals surface area contributed by atoms with E-state index in [0.29, 0.717) is 17.8 Å². The van der Waals surface area contributed by atoms with Crippen LogP contribution in [0.2, 0.25) is 0 Å². The molecule has 0 radical (unpaired) electrons. The number of benzene rings is 1. The van der Waals surface area contributed by atoms with Gasteiger partial charge in [0.05, 0.1) is 24.3 Å². The lowest BCUT2D eigenvalue weighted by Gasteiger charge is -2.13. The molecule has 0 N–H and O–H groups in total. The Labute approximate surface area is 179 Å². The van der Waals surface area contributed by atoms with Gasteiger partial charge in [-0.05, 0) is 31.0 Å². The summed E-state index contributed by atoms with van der Waals surface area (Å²) in [5, 5.41) is 9.18. The third-order valence-electron chi connectivity index (χ3n) is 4.22. The molecule has 1 heterocycles. The molecule has 0 aliphatic rings. The molecule has 0 fully saturated rings. The van der Waals surface area contributed by atoms with E-state index >= 15 is 0 Å². The minimum absolute atomic E-state index is 0.0205. The molecule has 0 spiro atoms. The largest absolute Gasteiger partial charge is 0.493 e. The summed E-state index contributed by atoms with van der Waals surface area (Å²) in [5.74, 6) is 0.845. The van der Waals surface area contributed by atoms with Gasteiger partial charge in [-0.1, -0.05) is 34.6 Å². The van der Waals surface area contributed by atoms with Crippen molar-refractivity contribution in [1.82, 2.24) is 4.74 Å². The summed E-state index contributed by atoms with van der Waals surface area (Å²) in [6, 6.07) is 4.74. The van der Waals surface area contributed by atoms with Crippen molar-refractivity contribution >= 4 is 5.84 Å². The Balaban J connectivity index is 2.76. The average Bonchev–Trinajstić information content (AvgIpc) is 3.03. The number of nitriles is 1. The number of hydrogen-bond donors (Lipinski definition) is 0. The fourth-order valence-corrected chi connectivity index (χ4v) is 2.75. The molecule has 0 saturated heterocycles. The summed E-state index contributed by atoms with van der Waals surface area (Å²) in [6.07, 6.45) is -2.94. The summed E-state index contributed by atoms with van der Waals surface area (Å²) >= 11 is 0. The van der Waals surface area contributed by atoms with Crippen LogP contribution in [0, 0.1) is 17.4 Å². The van der Waals surface area contributed by atoms with Gasteiger partial charge in [0.2, 0.25) is 6.19 Å². The molecule has 9 heteroatoms. The summed E-state index contributed by atoms with van der Waals surface area (Å²) < 4.78 is 52.9. The second kappa shape index (κ2) is 9.41. The number of halogens is 3. The van der Waals surface area contributed by atoms with Crippen LogP contribution in [0.1, 0.15) is 58.4 Å². The van der Waals surface area contributed by atoms with Crippen LogP contribution >= 0.6 is 0 Å². The fourth-order valence-electron chi connectivity index (χ4n) is 2.75. The Morgan fingerprint density at radius 3 is 2.42 bits per heavy atom. The lowest BCUT2D eigenvalue weighted by atomic mass is 9.94. The molecule has 2 aromatic rings. The first-order valence-electron chi connectivity index (χ1n) is 9.94. The van der Waals surface area contributed by atoms with Crippen LogP contribution < -0.4 is 10.2 Å². The number of hydrogen-bond acceptors (Lipinski definition) is 4. The zero-order valence-corrected chi connectivity index (χ0v) is 18.5. The normalized spacial score (nSPS) is 13.6. The van der Waals surface area contributed by atoms with Crippen molar-refractivity contribution in [2.75, 3.05) is 6.61 Å². The first kappa shape index (κ1) is 24.3. The van der Waals surface area contributed by atoms with Gasteiger partial charge in [-0.2, -0.15) is 28.2 Å². The second-order valence-electron chi connectivity index (χ2n) is 8.45. The van der Waals surface area contributed by atoms with Crippen molar-refractivity contribution in [3.05, 3.63) is 46.6 Å². The van der Waals surface area contributed by atoms with Crippen LogP contribution in [0.25, 0.3) is 0 Å². The molecular weight excluding hydrogens is 409 g/mol. The highest BCUT2D eigenvalue weighted by molar-refractivity contribution is 6.02. The summed E-state index contributed by atoms with van der Waals surface area (Å²) in [7, 11) is 0. The highest BCUT2D eigenvalue weighted by atomic mass is 19.4. The predicted molar refractivity (Wildman–Crippen MR) is 111 cm³/mol. The standard InChI is InChI=1S/C22H27F3N4O2/c1-7-30-17-9-8-15(22(23,24)25)10-16(17)20(27-13-26)28-19-11-18(21(4,5)6)31-29(19)12-14(2)3/h8-11,14H,7,12H2,1-6H3. The van der Waals surface area contributed by atoms with Crippen molar-refractivity contribution in [3.8, 4) is 11.9 Å². The highest BCUT2D eigenvalue weighted by Gasteiger charge is 2.32. The minimum Gasteiger partial charge on any atom is -0.493 e. The first-order valence-corrected chi connectivity index (χ1v) is 9.94. The van der Waals surface area contributed by atoms with Gasteiger partial charge in [-0.15, -0.1) is 0 Å². The number of amidine groups is 1. The van der Waals surface area contributed by atoms with E-state index in [1.807, 2.05) is 34.6 Å². The quantitative estimate of drug-likeness (QED) is 0.363. The van der Waals surface area contributed by atoms with E-state index in [0.717, 1.165) is 12.1 Å². The van der Waals surface area contributed by atoms with Gasteiger partial charge in [-0.3, -0.25) is 0 Å². The number of aliphatic imine (C=N–C) groups is 1. The topological polar surface area (TPSA) is 75.8 Å². The first-order chi connectivity index (χ1) is 14.4. The number of nitrogens with zero attached hydrogens (tertiary/aromatic N) is 4. The Kier molecular flexibility index (Phi) is 7.37. The van der Waals surface area contributed by atoms with Gasteiger partial charge >= 0.3 is 6.18 Å². The van der Waals surface area contributed by atoms with Crippen LogP contribution in [0.5, 0.6) is 5.75 Å². The van der Waals surface area contributed by atoms with Crippen molar-refractivity contribution in [2.45, 2.75) is 59.7 Å². The smallest absolute Gasteiger partial charge is 0.416 e. The molecule has 0 bridgehead atoms. The average molecular weight is 436 g/mol. The maximum Gasteiger partial charge on any atom is 0.416 e. The Bertz CT molecular complexity index is 1050. The van der Waals surface area contributed by atoms with Crippen molar-refractivity contribution < 1.29 is 22.4 Å². The van der Waals surface area contributed by atoms with Crippen molar-refractivity contribution in [1.29, 1.82) is 5.26 Å². The molecule has 0 saturated carbocycles. The van der Waals surface area contributed by atoms with E-state index in [1.165, 1.54) is 6.07 Å². The summed E-state index contributed by atoms with van der Waals surface area (Å²) in [6.45, 7) is 12.3. The number of rotatable bonds is 5. The summed E-state index contributed by atoms with van der Waals surface area (Å²) in [5.41, 5.74) is -0.865. The van der Waals surface area contributed by atoms with E-state index in [9.17, 15) is 18.4 Å². The molecule has 0 atom stereocenters. The third-order valence-corrected chi connectivity index (χ3v) is 4.22. The summed E-state index contributed by atoms with van der Waals surface area (Å²) in [4.78, 5) is 8.12. The van der Waals surface area contributed by atoms with Gasteiger partial charge in [0.15, 0.2) is 11.3 Å². The molecule has 0 aliphatic carbocycles. The van der Waals surface area contributed by atoms with Crippen molar-refractivity contribution in [3.63, 3.8) is 0 Å². The fraction of sp³-hybridized carbons (Fsp3) is 0.500. The SMILES string of the molecule is CCOc1ccc(C(F)(F)F)cc1C(=NC#N)N=c1cc(C(C)(C)C)on1CC(C)C. The van der Waals surface area contributed by atoms with Crippen LogP contribution in [0.3, 0.4) is 0 Å². The monoisotopic (exact) mass is 436 g/mol. The van der Waals surface area contributed by atoms with Crippen LogP contribution in [-0.2, 0) is 18.1 Å². The molecule has 31 heavy (non-hydrogen) atoms. The molecule has 168 valence electrons. The molecule has 0 aliphatic heterocycles. The number of aromatic nitrogens is 1. The van der Waals surface area contributed by atoms with Crippen molar-refractivity contribution in [2.24, 2.45) is 15.9 Å². The number of ether oxygens (including phenoxy) is 1. The van der Waals surface area contributed by atoms with Crippen LogP contribution in [-0.4, -0.2) is 17.2 Å². The van der Waals surface area contributed by atoms with Gasteiger partial charge in [0.1, 0.15) is 11.5 Å². The minimum atomic E-state index is -4.57. The molecule has 0 amide bonds. The number of alkyl halides is 3.